The summed E-state index contributed by atoms with van der Waals surface area (Å²) in [4.78, 5) is 2.20. The molecular weight excluding hydrogens is 785 g/mol. The van der Waals surface area contributed by atoms with Gasteiger partial charge in [0.15, 0.2) is 0 Å². The first-order chi connectivity index (χ1) is 33.9. The minimum atomic E-state index is -1.16. The number of nitrogens with zero attached hydrogens (tertiary/aromatic N) is 2. The van der Waals surface area contributed by atoms with Crippen molar-refractivity contribution in [2.24, 2.45) is 5.92 Å². The average molecular weight is 841 g/mol. The van der Waals surface area contributed by atoms with Gasteiger partial charge in [-0.05, 0) is 118 Å². The summed E-state index contributed by atoms with van der Waals surface area (Å²) in [7, 11) is 0. The van der Waals surface area contributed by atoms with E-state index in [1.807, 2.05) is 0 Å². The third kappa shape index (κ3) is 6.00. The Hall–Kier alpha value is -7.16. The minimum Gasteiger partial charge on any atom is -0.338 e. The molecule has 2 heteroatoms. The van der Waals surface area contributed by atoms with Gasteiger partial charge in [0.1, 0.15) is 0 Å². The molecule has 0 fully saturated rings. The molecule has 5 atom stereocenters. The number of para-hydroxylation sites is 2. The van der Waals surface area contributed by atoms with E-state index in [-0.39, 0.29) is 36.0 Å². The Kier molecular flexibility index (Phi) is 8.19. The van der Waals surface area contributed by atoms with Gasteiger partial charge in [-0.3, -0.25) is 0 Å². The van der Waals surface area contributed by atoms with Gasteiger partial charge in [0.2, 0.25) is 0 Å². The molecule has 0 radical (unpaired) electrons. The highest BCUT2D eigenvalue weighted by atomic mass is 15.2. The maximum atomic E-state index is 10.3. The summed E-state index contributed by atoms with van der Waals surface area (Å²) in [5, 5.41) is 2.41. The summed E-state index contributed by atoms with van der Waals surface area (Å²) in [6.07, 6.45) is 25.6. The highest BCUT2D eigenvalue weighted by Crippen LogP contribution is 2.60. The Labute approximate surface area is 388 Å². The van der Waals surface area contributed by atoms with E-state index in [0.29, 0.717) is 12.0 Å². The van der Waals surface area contributed by atoms with Crippen molar-refractivity contribution in [2.75, 3.05) is 0 Å². The van der Waals surface area contributed by atoms with Crippen molar-refractivity contribution in [2.45, 2.75) is 61.9 Å². The van der Waals surface area contributed by atoms with Crippen molar-refractivity contribution >= 4 is 39.5 Å². The molecule has 1 heterocycles. The van der Waals surface area contributed by atoms with Gasteiger partial charge < -0.3 is 9.47 Å². The molecule has 6 aliphatic carbocycles. The lowest BCUT2D eigenvalue weighted by Gasteiger charge is -2.43. The SMILES string of the molecule is [2H]C1=C([2H])C(N(C2=CC3C(C=C2)c2ccccc2C3(c2ccccc2)c2ccccc2)C2=CC=CC(n3c4ccccc4c4ccccc43)C2)C([2H])C([2H])=C1c1cc2c(c3c1C=CCC3)CCC=C2. The van der Waals surface area contributed by atoms with Crippen molar-refractivity contribution in [1.29, 1.82) is 0 Å². The average Bonchev–Trinajstić information content (AvgIpc) is 3.90. The van der Waals surface area contributed by atoms with Crippen LogP contribution >= 0.6 is 0 Å². The molecule has 0 N–H and O–H groups in total. The molecule has 13 rings (SSSR count). The van der Waals surface area contributed by atoms with Crippen LogP contribution in [-0.4, -0.2) is 15.5 Å². The smallest absolute Gasteiger partial charge is 0.0627 e. The molecular formula is C63H52N2. The molecule has 314 valence electrons. The first-order valence-electron chi connectivity index (χ1n) is 25.6. The molecule has 6 aromatic carbocycles. The largest absolute Gasteiger partial charge is 0.338 e. The Morgan fingerprint density at radius 1 is 0.692 bits per heavy atom. The third-order valence-electron chi connectivity index (χ3n) is 15.1. The number of hydrogen-bond donors (Lipinski definition) is 0. The van der Waals surface area contributed by atoms with Gasteiger partial charge in [0.05, 0.1) is 21.6 Å². The van der Waals surface area contributed by atoms with Gasteiger partial charge >= 0.3 is 0 Å². The van der Waals surface area contributed by atoms with Crippen molar-refractivity contribution in [3.8, 4) is 0 Å². The van der Waals surface area contributed by atoms with E-state index in [9.17, 15) is 5.48 Å². The molecule has 65 heavy (non-hydrogen) atoms. The monoisotopic (exact) mass is 840 g/mol. The van der Waals surface area contributed by atoms with Crippen molar-refractivity contribution < 1.29 is 5.48 Å². The molecule has 0 bridgehead atoms. The van der Waals surface area contributed by atoms with Crippen LogP contribution in [0.2, 0.25) is 0 Å². The van der Waals surface area contributed by atoms with Crippen molar-refractivity contribution in [1.82, 2.24) is 9.47 Å². The van der Waals surface area contributed by atoms with Gasteiger partial charge in [0, 0.05) is 52.8 Å². The van der Waals surface area contributed by atoms with Crippen molar-refractivity contribution in [3.05, 3.63) is 268 Å². The molecule has 6 aliphatic rings. The van der Waals surface area contributed by atoms with Crippen LogP contribution in [0.4, 0.5) is 0 Å². The zero-order valence-electron chi connectivity index (χ0n) is 40.4. The number of fused-ring (bicyclic) bond motifs is 9. The van der Waals surface area contributed by atoms with Gasteiger partial charge in [0.25, 0.3) is 0 Å². The first kappa shape index (κ1) is 34.3. The lowest BCUT2D eigenvalue weighted by atomic mass is 9.63. The van der Waals surface area contributed by atoms with E-state index >= 15 is 0 Å². The quantitative estimate of drug-likeness (QED) is 0.155. The fourth-order valence-corrected chi connectivity index (χ4v) is 12.4. The standard InChI is InChI=1S/C63H52N2/c1-3-19-45(20-4-1)63(46-21-5-2-6-22-46)59-31-14-11-28-54(59)55-39-38-50(42-60(55)63)64(48-23-17-24-49(41-48)65-61-32-15-12-29-56(61)57-30-13-16-33-62(57)65)47-36-34-43(35-37-47)58-40-44-18-7-8-25-51(44)52-26-9-10-27-53(52)58/h1-7,10-24,27-36,38-40,42,47,49,55,60H,8-9,25-26,37,41H2/i34D,35D,36D,37D. The van der Waals surface area contributed by atoms with Crippen LogP contribution in [-0.2, 0) is 18.3 Å². The van der Waals surface area contributed by atoms with E-state index < -0.39 is 17.9 Å². The van der Waals surface area contributed by atoms with E-state index in [0.717, 1.165) is 64.8 Å². The first-order valence-corrected chi connectivity index (χ1v) is 23.5. The van der Waals surface area contributed by atoms with Crippen LogP contribution < -0.4 is 0 Å². The molecule has 1 aromatic heterocycles. The van der Waals surface area contributed by atoms with E-state index in [4.69, 9.17) is 0 Å². The van der Waals surface area contributed by atoms with Crippen LogP contribution in [0.1, 0.15) is 93.2 Å². The highest BCUT2D eigenvalue weighted by molar-refractivity contribution is 6.08. The molecule has 0 amide bonds. The van der Waals surface area contributed by atoms with Gasteiger partial charge in [-0.2, -0.15) is 0 Å². The second-order valence-electron chi connectivity index (χ2n) is 18.4. The van der Waals surface area contributed by atoms with Gasteiger partial charge in [-0.25, -0.2) is 0 Å². The predicted octanol–water partition coefficient (Wildman–Crippen LogP) is 15.0. The minimum absolute atomic E-state index is 0.0276. The lowest BCUT2D eigenvalue weighted by Crippen LogP contribution is -2.38. The number of hydrogen-bond acceptors (Lipinski definition) is 1. The molecule has 0 saturated heterocycles. The topological polar surface area (TPSA) is 8.17 Å². The predicted molar refractivity (Wildman–Crippen MR) is 271 cm³/mol. The lowest BCUT2D eigenvalue weighted by molar-refractivity contribution is 0.335. The third-order valence-corrected chi connectivity index (χ3v) is 15.1. The Balaban J connectivity index is 1.00. The number of aromatic nitrogens is 1. The molecule has 0 spiro atoms. The Morgan fingerprint density at radius 2 is 1.37 bits per heavy atom. The number of allylic oxidation sites excluding steroid dienone is 11. The second-order valence-corrected chi connectivity index (χ2v) is 18.4. The van der Waals surface area contributed by atoms with Crippen LogP contribution in [0.5, 0.6) is 0 Å². The maximum Gasteiger partial charge on any atom is 0.0627 e. The van der Waals surface area contributed by atoms with Crippen LogP contribution in [0.25, 0.3) is 39.5 Å². The summed E-state index contributed by atoms with van der Waals surface area (Å²) in [6, 6.07) is 49.3. The van der Waals surface area contributed by atoms with E-state index in [1.54, 1.807) is 0 Å². The number of benzene rings is 6. The summed E-state index contributed by atoms with van der Waals surface area (Å²) >= 11 is 0. The molecule has 2 nitrogen and oxygen atoms in total. The molecule has 0 saturated carbocycles. The molecule has 7 aromatic rings. The van der Waals surface area contributed by atoms with E-state index in [2.05, 4.69) is 210 Å². The summed E-state index contributed by atoms with van der Waals surface area (Å²) < 4.78 is 43.0. The Morgan fingerprint density at radius 3 is 2.14 bits per heavy atom. The fourth-order valence-electron chi connectivity index (χ4n) is 12.4. The highest BCUT2D eigenvalue weighted by Gasteiger charge is 2.53. The van der Waals surface area contributed by atoms with Gasteiger partial charge in [-0.15, -0.1) is 0 Å². The summed E-state index contributed by atoms with van der Waals surface area (Å²) in [5.74, 6) is -0.0101. The maximum absolute atomic E-state index is 10.3. The summed E-state index contributed by atoms with van der Waals surface area (Å²) in [6.45, 7) is 0. The zero-order chi connectivity index (χ0) is 46.4. The summed E-state index contributed by atoms with van der Waals surface area (Å²) in [5.41, 5.74) is 14.6. The van der Waals surface area contributed by atoms with Gasteiger partial charge in [-0.1, -0.05) is 188 Å². The van der Waals surface area contributed by atoms with Crippen LogP contribution in [0, 0.1) is 5.92 Å². The van der Waals surface area contributed by atoms with Crippen molar-refractivity contribution in [3.63, 3.8) is 0 Å². The van der Waals surface area contributed by atoms with E-state index in [1.165, 1.54) is 44.2 Å². The molecule has 5 unspecified atom stereocenters. The fraction of sp³-hybridized carbons (Fsp3) is 0.175. The second kappa shape index (κ2) is 15.5. The number of rotatable bonds is 7. The van der Waals surface area contributed by atoms with Crippen LogP contribution in [0.15, 0.2) is 218 Å². The molecule has 0 aliphatic heterocycles. The zero-order valence-corrected chi connectivity index (χ0v) is 36.4. The van der Waals surface area contributed by atoms with Crippen LogP contribution in [0.3, 0.4) is 0 Å². The normalized spacial score (nSPS) is 24.6. The Bertz CT molecular complexity index is 3410.